The van der Waals surface area contributed by atoms with E-state index in [-0.39, 0.29) is 11.8 Å². The Balaban J connectivity index is 1.46. The molecule has 124 valence electrons. The summed E-state index contributed by atoms with van der Waals surface area (Å²) in [4.78, 5) is 14.0. The molecular formula is C16H22N4O3. The highest BCUT2D eigenvalue weighted by Crippen LogP contribution is 2.23. The third-order valence-corrected chi connectivity index (χ3v) is 4.31. The molecule has 0 aliphatic carbocycles. The van der Waals surface area contributed by atoms with Gasteiger partial charge in [-0.1, -0.05) is 5.16 Å². The summed E-state index contributed by atoms with van der Waals surface area (Å²) in [5, 5.41) is 20.7. The van der Waals surface area contributed by atoms with E-state index in [1.807, 2.05) is 19.2 Å². The van der Waals surface area contributed by atoms with Gasteiger partial charge in [0.25, 0.3) is 0 Å². The van der Waals surface area contributed by atoms with Crippen molar-refractivity contribution in [2.24, 2.45) is 5.92 Å². The molecule has 1 fully saturated rings. The normalized spacial score (nSPS) is 21.0. The van der Waals surface area contributed by atoms with Crippen LogP contribution in [0.25, 0.3) is 0 Å². The first-order valence-electron chi connectivity index (χ1n) is 7.97. The average molecular weight is 318 g/mol. The molecule has 2 aromatic heterocycles. The van der Waals surface area contributed by atoms with E-state index in [2.05, 4.69) is 15.4 Å². The van der Waals surface area contributed by atoms with Crippen molar-refractivity contribution in [3.8, 4) is 0 Å². The largest absolute Gasteiger partial charge is 0.391 e. The molecule has 3 heterocycles. The van der Waals surface area contributed by atoms with Gasteiger partial charge in [0.05, 0.1) is 18.0 Å². The summed E-state index contributed by atoms with van der Waals surface area (Å²) in [6.45, 7) is 2.85. The van der Waals surface area contributed by atoms with Crippen molar-refractivity contribution in [3.63, 3.8) is 0 Å². The fourth-order valence-corrected chi connectivity index (χ4v) is 3.05. The monoisotopic (exact) mass is 318 g/mol. The molecule has 1 saturated heterocycles. The number of rotatable bonds is 6. The van der Waals surface area contributed by atoms with Crippen LogP contribution in [0.4, 0.5) is 0 Å². The molecular weight excluding hydrogens is 296 g/mol. The Hall–Kier alpha value is -2.15. The maximum Gasteiger partial charge on any atom is 0.222 e. The van der Waals surface area contributed by atoms with Gasteiger partial charge < -0.3 is 14.5 Å². The maximum atomic E-state index is 12.3. The molecule has 0 bridgehead atoms. The minimum atomic E-state index is -0.502. The van der Waals surface area contributed by atoms with Gasteiger partial charge in [0.15, 0.2) is 0 Å². The molecule has 7 heteroatoms. The zero-order valence-corrected chi connectivity index (χ0v) is 13.2. The van der Waals surface area contributed by atoms with Crippen molar-refractivity contribution in [2.45, 2.75) is 38.7 Å². The summed E-state index contributed by atoms with van der Waals surface area (Å²) < 4.78 is 5.20. The predicted molar refractivity (Wildman–Crippen MR) is 82.5 cm³/mol. The Bertz CT molecular complexity index is 638. The first kappa shape index (κ1) is 15.7. The predicted octanol–water partition coefficient (Wildman–Crippen LogP) is 1.09. The van der Waals surface area contributed by atoms with Crippen molar-refractivity contribution >= 4 is 5.91 Å². The quantitative estimate of drug-likeness (QED) is 0.831. The minimum absolute atomic E-state index is 0.0140. The fraction of sp³-hybridized carbons (Fsp3) is 0.562. The number of amides is 1. The molecule has 1 aliphatic heterocycles. The van der Waals surface area contributed by atoms with Crippen LogP contribution in [0.3, 0.4) is 0 Å². The summed E-state index contributed by atoms with van der Waals surface area (Å²) in [6.07, 6.45) is 5.85. The number of aryl methyl sites for hydroxylation is 2. The molecule has 0 spiro atoms. The Morgan fingerprint density at radius 2 is 2.39 bits per heavy atom. The molecule has 0 aromatic carbocycles. The van der Waals surface area contributed by atoms with Crippen molar-refractivity contribution in [1.29, 1.82) is 0 Å². The van der Waals surface area contributed by atoms with Gasteiger partial charge in [-0.25, -0.2) is 0 Å². The van der Waals surface area contributed by atoms with Gasteiger partial charge in [-0.3, -0.25) is 9.89 Å². The van der Waals surface area contributed by atoms with Gasteiger partial charge in [-0.2, -0.15) is 5.10 Å². The van der Waals surface area contributed by atoms with Crippen LogP contribution in [-0.2, 0) is 17.6 Å². The van der Waals surface area contributed by atoms with Crippen LogP contribution in [0.2, 0.25) is 0 Å². The smallest absolute Gasteiger partial charge is 0.222 e. The zero-order chi connectivity index (χ0) is 16.2. The second-order valence-electron chi connectivity index (χ2n) is 6.22. The third kappa shape index (κ3) is 3.98. The maximum absolute atomic E-state index is 12.3. The standard InChI is InChI=1S/C16H22N4O3/c1-11-5-14(23-19-11)6-13-9-20(10-15(13)21)16(22)4-2-3-12-7-17-18-8-12/h5,7-8,13,15,21H,2-4,6,9-10H2,1H3,(H,17,18)/t13-,15+/m1/s1. The van der Waals surface area contributed by atoms with Gasteiger partial charge in [0.1, 0.15) is 5.76 Å². The van der Waals surface area contributed by atoms with E-state index in [9.17, 15) is 9.90 Å². The first-order valence-corrected chi connectivity index (χ1v) is 7.97. The van der Waals surface area contributed by atoms with Crippen LogP contribution in [0.15, 0.2) is 23.0 Å². The number of nitrogens with zero attached hydrogens (tertiary/aromatic N) is 3. The number of aliphatic hydroxyl groups is 1. The SMILES string of the molecule is Cc1cc(C[C@@H]2CN(C(=O)CCCc3cn[nH]c3)C[C@@H]2O)on1. The topological polar surface area (TPSA) is 95.2 Å². The van der Waals surface area contributed by atoms with Crippen LogP contribution < -0.4 is 0 Å². The van der Waals surface area contributed by atoms with E-state index < -0.39 is 6.10 Å². The van der Waals surface area contributed by atoms with E-state index in [1.165, 1.54) is 0 Å². The second kappa shape index (κ2) is 6.95. The number of aliphatic hydroxyl groups excluding tert-OH is 1. The van der Waals surface area contributed by atoms with Crippen molar-refractivity contribution in [2.75, 3.05) is 13.1 Å². The van der Waals surface area contributed by atoms with Crippen LogP contribution >= 0.6 is 0 Å². The Kier molecular flexibility index (Phi) is 4.76. The summed E-state index contributed by atoms with van der Waals surface area (Å²) in [5.74, 6) is 0.879. The number of hydrogen-bond acceptors (Lipinski definition) is 5. The lowest BCUT2D eigenvalue weighted by Gasteiger charge is -2.15. The van der Waals surface area contributed by atoms with Crippen molar-refractivity contribution in [1.82, 2.24) is 20.3 Å². The number of nitrogens with one attached hydrogen (secondary N) is 1. The number of likely N-dealkylation sites (tertiary alicyclic amines) is 1. The van der Waals surface area contributed by atoms with Crippen LogP contribution in [0.1, 0.15) is 29.9 Å². The number of carbonyl (C=O) groups is 1. The van der Waals surface area contributed by atoms with E-state index in [0.29, 0.717) is 25.9 Å². The van der Waals surface area contributed by atoms with E-state index in [0.717, 1.165) is 29.9 Å². The lowest BCUT2D eigenvalue weighted by Crippen LogP contribution is -2.29. The molecule has 23 heavy (non-hydrogen) atoms. The average Bonchev–Trinajstić information content (AvgIpc) is 3.23. The molecule has 2 atom stereocenters. The molecule has 2 aromatic rings. The van der Waals surface area contributed by atoms with Crippen LogP contribution in [0, 0.1) is 12.8 Å². The molecule has 0 unspecified atom stereocenters. The van der Waals surface area contributed by atoms with Crippen LogP contribution in [-0.4, -0.2) is 50.5 Å². The number of aromatic nitrogens is 3. The van der Waals surface area contributed by atoms with Gasteiger partial charge in [-0.15, -0.1) is 0 Å². The number of H-pyrrole nitrogens is 1. The lowest BCUT2D eigenvalue weighted by atomic mass is 10.0. The molecule has 0 radical (unpaired) electrons. The van der Waals surface area contributed by atoms with Crippen LogP contribution in [0.5, 0.6) is 0 Å². The number of aromatic amines is 1. The molecule has 0 saturated carbocycles. The number of hydrogen-bond donors (Lipinski definition) is 2. The van der Waals surface area contributed by atoms with Gasteiger partial charge in [0.2, 0.25) is 5.91 Å². The highest BCUT2D eigenvalue weighted by molar-refractivity contribution is 5.76. The molecule has 7 nitrogen and oxygen atoms in total. The summed E-state index contributed by atoms with van der Waals surface area (Å²) in [7, 11) is 0. The summed E-state index contributed by atoms with van der Waals surface area (Å²) in [5.41, 5.74) is 1.94. The van der Waals surface area contributed by atoms with Gasteiger partial charge in [0, 0.05) is 44.1 Å². The number of β-amino-alcohol motifs (C(OH)–C–C–N with tert-alkyl or cyclic N) is 1. The van der Waals surface area contributed by atoms with Gasteiger partial charge in [-0.05, 0) is 25.3 Å². The first-order chi connectivity index (χ1) is 11.1. The fourth-order valence-electron chi connectivity index (χ4n) is 3.05. The van der Waals surface area contributed by atoms with Gasteiger partial charge >= 0.3 is 0 Å². The van der Waals surface area contributed by atoms with E-state index >= 15 is 0 Å². The molecule has 1 amide bonds. The zero-order valence-electron chi connectivity index (χ0n) is 13.2. The highest BCUT2D eigenvalue weighted by Gasteiger charge is 2.34. The van der Waals surface area contributed by atoms with Crippen molar-refractivity contribution < 1.29 is 14.4 Å². The van der Waals surface area contributed by atoms with E-state index in [1.54, 1.807) is 11.1 Å². The summed E-state index contributed by atoms with van der Waals surface area (Å²) in [6, 6.07) is 1.88. The Morgan fingerprint density at radius 3 is 3.09 bits per heavy atom. The molecule has 2 N–H and O–H groups in total. The molecule has 1 aliphatic rings. The second-order valence-corrected chi connectivity index (χ2v) is 6.22. The molecule has 3 rings (SSSR count). The number of carbonyl (C=O) groups excluding carboxylic acids is 1. The van der Waals surface area contributed by atoms with E-state index in [4.69, 9.17) is 4.52 Å². The third-order valence-electron chi connectivity index (χ3n) is 4.31. The minimum Gasteiger partial charge on any atom is -0.391 e. The Labute approximate surface area is 134 Å². The highest BCUT2D eigenvalue weighted by atomic mass is 16.5. The van der Waals surface area contributed by atoms with Crippen molar-refractivity contribution in [3.05, 3.63) is 35.5 Å². The lowest BCUT2D eigenvalue weighted by molar-refractivity contribution is -0.130. The Morgan fingerprint density at radius 1 is 1.52 bits per heavy atom. The summed E-state index contributed by atoms with van der Waals surface area (Å²) >= 11 is 0.